The maximum absolute atomic E-state index is 15.2. The number of nitrogens with zero attached hydrogens (tertiary/aromatic N) is 7. The van der Waals surface area contributed by atoms with Crippen LogP contribution in [0, 0.1) is 12.7 Å². The third-order valence-electron chi connectivity index (χ3n) is 6.74. The first kappa shape index (κ1) is 24.6. The monoisotopic (exact) mass is 552 g/mol. The van der Waals surface area contributed by atoms with Crippen LogP contribution in [0.3, 0.4) is 0 Å². The van der Waals surface area contributed by atoms with E-state index in [-0.39, 0.29) is 17.2 Å². The van der Waals surface area contributed by atoms with Crippen LogP contribution in [0.5, 0.6) is 0 Å². The number of anilines is 3. The largest absolute Gasteiger partial charge is 0.366 e. The number of piperazine rings is 1. The molecule has 194 valence electrons. The Morgan fingerprint density at radius 2 is 1.76 bits per heavy atom. The number of aryl methyl sites for hydroxylation is 1. The van der Waals surface area contributed by atoms with Gasteiger partial charge in [0.25, 0.3) is 5.56 Å². The Hall–Kier alpha value is -3.73. The van der Waals surface area contributed by atoms with Crippen LogP contribution in [-0.2, 0) is 0 Å². The van der Waals surface area contributed by atoms with E-state index in [1.165, 1.54) is 16.9 Å². The molecule has 0 saturated carbocycles. The van der Waals surface area contributed by atoms with Crippen LogP contribution in [0.25, 0.3) is 22.2 Å². The summed E-state index contributed by atoms with van der Waals surface area (Å²) in [5.41, 5.74) is 2.60. The number of hydrogen-bond acceptors (Lipinski definition) is 7. The van der Waals surface area contributed by atoms with Crippen LogP contribution >= 0.6 is 23.2 Å². The third-order valence-corrected chi connectivity index (χ3v) is 7.35. The molecule has 6 rings (SSSR count). The lowest BCUT2D eigenvalue weighted by atomic mass is 10.1. The summed E-state index contributed by atoms with van der Waals surface area (Å²) < 4.78 is 18.1. The highest BCUT2D eigenvalue weighted by Gasteiger charge is 2.21. The summed E-state index contributed by atoms with van der Waals surface area (Å²) in [6, 6.07) is 8.32. The average molecular weight is 553 g/mol. The molecule has 9 nitrogen and oxygen atoms in total. The van der Waals surface area contributed by atoms with Crippen LogP contribution in [0.2, 0.25) is 10.0 Å². The van der Waals surface area contributed by atoms with Gasteiger partial charge in [0.15, 0.2) is 5.65 Å². The lowest BCUT2D eigenvalue weighted by molar-refractivity contribution is 0.311. The van der Waals surface area contributed by atoms with Gasteiger partial charge in [-0.15, -0.1) is 0 Å². The van der Waals surface area contributed by atoms with E-state index < -0.39 is 5.56 Å². The van der Waals surface area contributed by atoms with Crippen molar-refractivity contribution >= 4 is 57.1 Å². The predicted octanol–water partition coefficient (Wildman–Crippen LogP) is 4.68. The number of rotatable bonds is 4. The zero-order chi connectivity index (χ0) is 26.6. The van der Waals surface area contributed by atoms with Gasteiger partial charge in [0.1, 0.15) is 17.0 Å². The molecule has 0 bridgehead atoms. The van der Waals surface area contributed by atoms with Crippen molar-refractivity contribution < 1.29 is 4.39 Å². The molecule has 1 fully saturated rings. The van der Waals surface area contributed by atoms with Crippen LogP contribution in [0.15, 0.2) is 53.7 Å². The van der Waals surface area contributed by atoms with E-state index in [9.17, 15) is 4.79 Å². The van der Waals surface area contributed by atoms with E-state index in [4.69, 9.17) is 23.2 Å². The fraction of sp³-hybridized carbons (Fsp3) is 0.231. The fourth-order valence-electron chi connectivity index (χ4n) is 4.88. The highest BCUT2D eigenvalue weighted by atomic mass is 35.5. The Morgan fingerprint density at radius 3 is 2.47 bits per heavy atom. The van der Waals surface area contributed by atoms with Crippen LogP contribution in [-0.4, -0.2) is 62.3 Å². The maximum Gasteiger partial charge on any atom is 0.281 e. The molecule has 38 heavy (non-hydrogen) atoms. The molecule has 1 saturated heterocycles. The fourth-order valence-corrected chi connectivity index (χ4v) is 5.44. The molecule has 0 unspecified atom stereocenters. The Bertz CT molecular complexity index is 1720. The van der Waals surface area contributed by atoms with E-state index in [0.29, 0.717) is 38.3 Å². The number of benzene rings is 2. The first-order valence-electron chi connectivity index (χ1n) is 12.0. The average Bonchev–Trinajstić information content (AvgIpc) is 3.36. The van der Waals surface area contributed by atoms with Crippen molar-refractivity contribution in [2.45, 2.75) is 6.92 Å². The molecular weight excluding hydrogens is 530 g/mol. The molecule has 0 spiro atoms. The number of nitrogens with one attached hydrogen (secondary N) is 1. The van der Waals surface area contributed by atoms with Gasteiger partial charge in [-0.3, -0.25) is 4.79 Å². The lowest BCUT2D eigenvalue weighted by Gasteiger charge is -2.35. The van der Waals surface area contributed by atoms with Gasteiger partial charge in [0, 0.05) is 50.5 Å². The Morgan fingerprint density at radius 1 is 1.03 bits per heavy atom. The Labute approximate surface area is 227 Å². The first-order valence-corrected chi connectivity index (χ1v) is 12.8. The quantitative estimate of drug-likeness (QED) is 0.346. The summed E-state index contributed by atoms with van der Waals surface area (Å²) in [5.74, 6) is -0.102. The molecule has 0 amide bonds. The van der Waals surface area contributed by atoms with Crippen molar-refractivity contribution in [3.05, 3.63) is 80.7 Å². The summed E-state index contributed by atoms with van der Waals surface area (Å²) in [4.78, 5) is 31.2. The summed E-state index contributed by atoms with van der Waals surface area (Å²) in [7, 11) is 2.07. The summed E-state index contributed by atoms with van der Waals surface area (Å²) >= 11 is 12.8. The minimum Gasteiger partial charge on any atom is -0.366 e. The second kappa shape index (κ2) is 9.54. The summed E-state index contributed by atoms with van der Waals surface area (Å²) in [5, 5.41) is 3.93. The number of aromatic nitrogens is 5. The molecule has 0 aliphatic carbocycles. The molecule has 1 N–H and O–H groups in total. The van der Waals surface area contributed by atoms with Crippen molar-refractivity contribution in [3.63, 3.8) is 0 Å². The topological polar surface area (TPSA) is 83.6 Å². The summed E-state index contributed by atoms with van der Waals surface area (Å²) in [6.45, 7) is 5.20. The van der Waals surface area contributed by atoms with Crippen molar-refractivity contribution in [1.82, 2.24) is 29.0 Å². The number of imidazole rings is 1. The minimum absolute atomic E-state index is 0.210. The second-order valence-electron chi connectivity index (χ2n) is 9.28. The third kappa shape index (κ3) is 4.14. The zero-order valence-electron chi connectivity index (χ0n) is 20.6. The van der Waals surface area contributed by atoms with Crippen molar-refractivity contribution in [1.29, 1.82) is 0 Å². The molecule has 3 aromatic heterocycles. The molecule has 1 aliphatic heterocycles. The number of halogens is 3. The van der Waals surface area contributed by atoms with Crippen molar-refractivity contribution in [2.24, 2.45) is 0 Å². The first-order chi connectivity index (χ1) is 18.3. The molecule has 1 aliphatic rings. The molecule has 0 radical (unpaired) electrons. The van der Waals surface area contributed by atoms with Crippen molar-refractivity contribution in [3.8, 4) is 5.69 Å². The van der Waals surface area contributed by atoms with E-state index >= 15 is 4.39 Å². The van der Waals surface area contributed by atoms with Gasteiger partial charge in [-0.25, -0.2) is 28.5 Å². The molecule has 12 heteroatoms. The maximum atomic E-state index is 15.2. The summed E-state index contributed by atoms with van der Waals surface area (Å²) in [6.07, 6.45) is 4.60. The highest BCUT2D eigenvalue weighted by molar-refractivity contribution is 6.37. The minimum atomic E-state index is -0.412. The number of hydrogen-bond donors (Lipinski definition) is 1. The van der Waals surface area contributed by atoms with Gasteiger partial charge in [-0.1, -0.05) is 29.3 Å². The second-order valence-corrected chi connectivity index (χ2v) is 10.1. The Kier molecular flexibility index (Phi) is 6.17. The number of likely N-dealkylation sites (N-methyl/N-ethyl adjacent to an activating group) is 1. The predicted molar refractivity (Wildman–Crippen MR) is 148 cm³/mol. The molecule has 0 atom stereocenters. The van der Waals surface area contributed by atoms with Gasteiger partial charge in [-0.05, 0) is 43.8 Å². The molecule has 4 heterocycles. The lowest BCUT2D eigenvalue weighted by Crippen LogP contribution is -2.45. The van der Waals surface area contributed by atoms with Gasteiger partial charge in [-0.2, -0.15) is 0 Å². The van der Waals surface area contributed by atoms with E-state index in [1.807, 2.05) is 13.0 Å². The van der Waals surface area contributed by atoms with Crippen LogP contribution < -0.4 is 15.8 Å². The standard InChI is InChI=1S/C26H23Cl2FN8O/c1-15-12-16(13-20(29)22(15)35-10-8-34(2)9-11-35)32-26-31-14-17-21(33-26)24-30-6-7-36(24)37(25(17)38)23-18(27)4-3-5-19(23)28/h3-7,12-14H,8-11H2,1-2H3,(H,31,32,33). The number of para-hydroxylation sites is 1. The van der Waals surface area contributed by atoms with Crippen LogP contribution in [0.1, 0.15) is 5.56 Å². The zero-order valence-corrected chi connectivity index (χ0v) is 22.1. The highest BCUT2D eigenvalue weighted by Crippen LogP contribution is 2.31. The van der Waals surface area contributed by atoms with Crippen molar-refractivity contribution in [2.75, 3.05) is 43.4 Å². The SMILES string of the molecule is Cc1cc(Nc2ncc3c(=O)n(-c4c(Cl)cccc4Cl)n4ccnc4c3n2)cc(F)c1N1CCN(C)CC1. The van der Waals surface area contributed by atoms with E-state index in [0.717, 1.165) is 31.7 Å². The van der Waals surface area contributed by atoms with Gasteiger partial charge >= 0.3 is 0 Å². The van der Waals surface area contributed by atoms with E-state index in [1.54, 1.807) is 35.1 Å². The Balaban J connectivity index is 1.40. The van der Waals surface area contributed by atoms with Gasteiger partial charge in [0.2, 0.25) is 5.95 Å². The molecule has 5 aromatic rings. The van der Waals surface area contributed by atoms with Gasteiger partial charge in [0.05, 0.1) is 21.1 Å². The molecule has 2 aromatic carbocycles. The molecular formula is C26H23Cl2FN8O. The van der Waals surface area contributed by atoms with Crippen LogP contribution in [0.4, 0.5) is 21.7 Å². The number of fused-ring (bicyclic) bond motifs is 3. The smallest absolute Gasteiger partial charge is 0.281 e. The normalized spacial score (nSPS) is 14.5. The van der Waals surface area contributed by atoms with E-state index in [2.05, 4.69) is 37.1 Å². The van der Waals surface area contributed by atoms with Gasteiger partial charge < -0.3 is 15.1 Å².